The minimum absolute atomic E-state index is 0. The van der Waals surface area contributed by atoms with Gasteiger partial charge in [0.2, 0.25) is 0 Å². The quantitative estimate of drug-likeness (QED) is 0.186. The fraction of sp³-hybridized carbons (Fsp3) is 0.762. The molecule has 0 saturated carbocycles. The Kier molecular flexibility index (Phi) is 15.0. The van der Waals surface area contributed by atoms with E-state index in [4.69, 9.17) is 9.73 Å². The molecule has 6 nitrogen and oxygen atoms in total. The molecule has 8 heteroatoms. The maximum atomic E-state index is 5.12. The van der Waals surface area contributed by atoms with Gasteiger partial charge in [0.1, 0.15) is 0 Å². The van der Waals surface area contributed by atoms with Crippen molar-refractivity contribution in [3.63, 3.8) is 0 Å². The molecule has 1 fully saturated rings. The number of ether oxygens (including phenoxy) is 1. The Balaban J connectivity index is 0.00000420. The average Bonchev–Trinajstić information content (AvgIpc) is 3.19. The van der Waals surface area contributed by atoms with Gasteiger partial charge in [-0.2, -0.15) is 0 Å². The topological polar surface area (TPSA) is 52.1 Å². The number of nitrogens with zero attached hydrogens (tertiary/aromatic N) is 3. The number of likely N-dealkylation sites (tertiary alicyclic amines) is 1. The second-order valence-corrected chi connectivity index (χ2v) is 8.65. The molecular formula is C21H40IN5OS. The predicted octanol–water partition coefficient (Wildman–Crippen LogP) is 3.10. The first kappa shape index (κ1) is 26.6. The summed E-state index contributed by atoms with van der Waals surface area (Å²) < 4.78 is 5.12. The van der Waals surface area contributed by atoms with Crippen molar-refractivity contribution < 1.29 is 4.74 Å². The van der Waals surface area contributed by atoms with Crippen LogP contribution in [0.1, 0.15) is 31.1 Å². The molecule has 0 bridgehead atoms. The van der Waals surface area contributed by atoms with E-state index in [-0.39, 0.29) is 24.0 Å². The molecule has 1 aliphatic rings. The smallest absolute Gasteiger partial charge is 0.191 e. The minimum atomic E-state index is 0. The molecule has 0 aromatic carbocycles. The van der Waals surface area contributed by atoms with Crippen LogP contribution < -0.4 is 10.6 Å². The number of nitrogens with one attached hydrogen (secondary N) is 2. The molecule has 0 aliphatic carbocycles. The van der Waals surface area contributed by atoms with E-state index < -0.39 is 0 Å². The van der Waals surface area contributed by atoms with Crippen molar-refractivity contribution in [1.29, 1.82) is 0 Å². The lowest BCUT2D eigenvalue weighted by Gasteiger charge is -2.31. The Labute approximate surface area is 198 Å². The van der Waals surface area contributed by atoms with Gasteiger partial charge in [-0.05, 0) is 57.1 Å². The zero-order valence-electron chi connectivity index (χ0n) is 18.4. The normalized spacial score (nSPS) is 17.9. The van der Waals surface area contributed by atoms with Gasteiger partial charge in [0, 0.05) is 64.4 Å². The van der Waals surface area contributed by atoms with Gasteiger partial charge < -0.3 is 20.3 Å². The molecule has 1 saturated heterocycles. The molecule has 2 heterocycles. The van der Waals surface area contributed by atoms with E-state index in [9.17, 15) is 0 Å². The van der Waals surface area contributed by atoms with Crippen LogP contribution in [0.5, 0.6) is 0 Å². The molecule has 0 radical (unpaired) electrons. The van der Waals surface area contributed by atoms with Gasteiger partial charge in [-0.1, -0.05) is 6.07 Å². The fourth-order valence-corrected chi connectivity index (χ4v) is 4.33. The Hall–Kier alpha value is -0.420. The molecule has 1 unspecified atom stereocenters. The maximum Gasteiger partial charge on any atom is 0.191 e. The summed E-state index contributed by atoms with van der Waals surface area (Å²) in [7, 11) is 3.92. The largest absolute Gasteiger partial charge is 0.385 e. The molecule has 1 atom stereocenters. The molecular weight excluding hydrogens is 497 g/mol. The van der Waals surface area contributed by atoms with Gasteiger partial charge >= 0.3 is 0 Å². The van der Waals surface area contributed by atoms with Crippen LogP contribution in [0.15, 0.2) is 22.5 Å². The van der Waals surface area contributed by atoms with Crippen LogP contribution in [0.2, 0.25) is 0 Å². The molecule has 1 aliphatic heterocycles. The van der Waals surface area contributed by atoms with E-state index in [0.717, 1.165) is 64.8 Å². The van der Waals surface area contributed by atoms with Crippen molar-refractivity contribution in [2.75, 3.05) is 66.6 Å². The lowest BCUT2D eigenvalue weighted by atomic mass is 9.98. The standard InChI is InChI=1S/C21H39N5OS.HI/c1-4-22-21(23-10-13-25(2)11-7-14-27-3)24-16-19-8-5-12-26(17-19)18-20-9-6-15-28-20;/h6,9,15,19H,4-5,7-8,10-14,16-18H2,1-3H3,(H2,22,23,24);1H. The lowest BCUT2D eigenvalue weighted by molar-refractivity contribution is 0.172. The van der Waals surface area contributed by atoms with Crippen molar-refractivity contribution >= 4 is 41.3 Å². The van der Waals surface area contributed by atoms with Crippen LogP contribution in [0, 0.1) is 5.92 Å². The van der Waals surface area contributed by atoms with Gasteiger partial charge in [-0.25, -0.2) is 0 Å². The molecule has 168 valence electrons. The number of hydrogen-bond acceptors (Lipinski definition) is 5. The van der Waals surface area contributed by atoms with Crippen LogP contribution in [0.4, 0.5) is 0 Å². The number of methoxy groups -OCH3 is 1. The summed E-state index contributed by atoms with van der Waals surface area (Å²) >= 11 is 1.86. The van der Waals surface area contributed by atoms with Gasteiger partial charge in [-0.3, -0.25) is 9.89 Å². The van der Waals surface area contributed by atoms with Crippen LogP contribution >= 0.6 is 35.3 Å². The highest BCUT2D eigenvalue weighted by atomic mass is 127. The molecule has 1 aromatic rings. The first-order valence-electron chi connectivity index (χ1n) is 10.7. The Morgan fingerprint density at radius 3 is 2.97 bits per heavy atom. The van der Waals surface area contributed by atoms with Gasteiger partial charge in [0.25, 0.3) is 0 Å². The van der Waals surface area contributed by atoms with Crippen molar-refractivity contribution in [1.82, 2.24) is 20.4 Å². The lowest BCUT2D eigenvalue weighted by Crippen LogP contribution is -2.42. The number of thiophene rings is 1. The minimum Gasteiger partial charge on any atom is -0.385 e. The second-order valence-electron chi connectivity index (χ2n) is 7.62. The van der Waals surface area contributed by atoms with Gasteiger partial charge in [0.05, 0.1) is 0 Å². The third kappa shape index (κ3) is 11.5. The molecule has 1 aromatic heterocycles. The highest BCUT2D eigenvalue weighted by Crippen LogP contribution is 2.20. The van der Waals surface area contributed by atoms with Crippen molar-refractivity contribution in [2.45, 2.75) is 32.7 Å². The molecule has 0 amide bonds. The number of halogens is 1. The van der Waals surface area contributed by atoms with E-state index in [1.165, 1.54) is 24.3 Å². The summed E-state index contributed by atoms with van der Waals surface area (Å²) in [4.78, 5) is 11.3. The number of hydrogen-bond donors (Lipinski definition) is 2. The molecule has 2 rings (SSSR count). The molecule has 2 N–H and O–H groups in total. The second kappa shape index (κ2) is 16.3. The van der Waals surface area contributed by atoms with E-state index in [1.54, 1.807) is 7.11 Å². The Morgan fingerprint density at radius 2 is 2.24 bits per heavy atom. The maximum absolute atomic E-state index is 5.12. The van der Waals surface area contributed by atoms with Crippen molar-refractivity contribution in [3.05, 3.63) is 22.4 Å². The van der Waals surface area contributed by atoms with Crippen LogP contribution in [-0.2, 0) is 11.3 Å². The zero-order valence-corrected chi connectivity index (χ0v) is 21.5. The summed E-state index contributed by atoms with van der Waals surface area (Å²) in [5.74, 6) is 1.60. The van der Waals surface area contributed by atoms with Crippen molar-refractivity contribution in [3.8, 4) is 0 Å². The Morgan fingerprint density at radius 1 is 1.38 bits per heavy atom. The monoisotopic (exact) mass is 537 g/mol. The van der Waals surface area contributed by atoms with Gasteiger partial charge in [0.15, 0.2) is 5.96 Å². The van der Waals surface area contributed by atoms with Crippen LogP contribution in [-0.4, -0.2) is 82.3 Å². The highest BCUT2D eigenvalue weighted by Gasteiger charge is 2.20. The fourth-order valence-electron chi connectivity index (χ4n) is 3.58. The van der Waals surface area contributed by atoms with E-state index in [2.05, 4.69) is 51.9 Å². The average molecular weight is 538 g/mol. The number of piperidine rings is 1. The third-order valence-corrected chi connectivity index (χ3v) is 5.95. The number of guanidine groups is 1. The van der Waals surface area contributed by atoms with E-state index in [0.29, 0.717) is 5.92 Å². The van der Waals surface area contributed by atoms with Crippen LogP contribution in [0.25, 0.3) is 0 Å². The van der Waals surface area contributed by atoms with E-state index in [1.807, 2.05) is 11.3 Å². The summed E-state index contributed by atoms with van der Waals surface area (Å²) in [5, 5.41) is 9.04. The summed E-state index contributed by atoms with van der Waals surface area (Å²) in [5.41, 5.74) is 0. The predicted molar refractivity (Wildman–Crippen MR) is 136 cm³/mol. The zero-order chi connectivity index (χ0) is 20.0. The summed E-state index contributed by atoms with van der Waals surface area (Å²) in [6.07, 6.45) is 3.64. The van der Waals surface area contributed by atoms with Crippen molar-refractivity contribution in [2.24, 2.45) is 10.9 Å². The Bertz CT molecular complexity index is 543. The number of likely N-dealkylation sites (N-methyl/N-ethyl adjacent to an activating group) is 1. The van der Waals surface area contributed by atoms with E-state index >= 15 is 0 Å². The summed E-state index contributed by atoms with van der Waals surface area (Å²) in [6, 6.07) is 4.39. The third-order valence-electron chi connectivity index (χ3n) is 5.09. The number of aliphatic imine (C=N–C) groups is 1. The number of rotatable bonds is 12. The first-order chi connectivity index (χ1) is 13.7. The molecule has 0 spiro atoms. The van der Waals surface area contributed by atoms with Crippen LogP contribution in [0.3, 0.4) is 0 Å². The SMILES string of the molecule is CCNC(=NCC1CCCN(Cc2cccs2)C1)NCCN(C)CCCOC.I. The molecule has 29 heavy (non-hydrogen) atoms. The summed E-state index contributed by atoms with van der Waals surface area (Å²) in [6.45, 7) is 11.2. The highest BCUT2D eigenvalue weighted by molar-refractivity contribution is 14.0. The first-order valence-corrected chi connectivity index (χ1v) is 11.5. The van der Waals surface area contributed by atoms with Gasteiger partial charge in [-0.15, -0.1) is 35.3 Å².